The fraction of sp³-hybridized carbons (Fsp3) is 1.00. The molecule has 0 rings (SSSR count). The van der Waals surface area contributed by atoms with E-state index in [0.29, 0.717) is 0 Å². The van der Waals surface area contributed by atoms with Crippen molar-refractivity contribution < 1.29 is 62.5 Å². The van der Waals surface area contributed by atoms with Crippen molar-refractivity contribution in [3.05, 3.63) is 0 Å². The summed E-state index contributed by atoms with van der Waals surface area (Å²) in [4.78, 5) is 75.6. The molecule has 0 atom stereocenters. The van der Waals surface area contributed by atoms with Gasteiger partial charge in [-0.05, 0) is 0 Å². The Bertz CT molecular complexity index is 595. The predicted molar refractivity (Wildman–Crippen MR) is 105 cm³/mol. The van der Waals surface area contributed by atoms with Gasteiger partial charge in [-0.15, -0.1) is 0 Å². The third-order valence-electron chi connectivity index (χ3n) is 3.42. The van der Waals surface area contributed by atoms with E-state index < -0.39 is 55.5 Å². The molecule has 182 valence electrons. The number of hydrogen-bond acceptors (Lipinski definition) is 8. The summed E-state index contributed by atoms with van der Waals surface area (Å²) >= 11 is 0. The number of nitrogens with zero attached hydrogens (tertiary/aromatic N) is 3. The van der Waals surface area contributed by atoms with Gasteiger partial charge in [0.1, 0.15) is 25.1 Å². The molecule has 30 heavy (non-hydrogen) atoms. The van der Waals surface area contributed by atoms with E-state index in [1.807, 2.05) is 0 Å². The predicted octanol–water partition coefficient (Wildman–Crippen LogP) is -2.57. The maximum Gasteiger partial charge on any atom is 0.339 e. The zero-order valence-corrected chi connectivity index (χ0v) is 19.4. The van der Waals surface area contributed by atoms with Crippen LogP contribution in [-0.4, -0.2) is 123 Å². The second-order valence-electron chi connectivity index (χ2n) is 6.58. The minimum Gasteiger partial charge on any atom is -0.395 e. The maximum atomic E-state index is 11.2. The Labute approximate surface area is 172 Å². The number of hydrogen-bond donors (Lipinski definition) is 9. The second-order valence-corrected chi connectivity index (χ2v) is 13.0. The highest BCUT2D eigenvalue weighted by molar-refractivity contribution is 7.53. The van der Waals surface area contributed by atoms with Gasteiger partial charge < -0.3 is 44.3 Å². The number of aliphatic hydroxyl groups excluding tert-OH is 1. The molecule has 0 aliphatic rings. The van der Waals surface area contributed by atoms with Gasteiger partial charge in [0.25, 0.3) is 0 Å². The molecule has 0 aromatic carbocycles. The van der Waals surface area contributed by atoms with E-state index in [1.165, 1.54) is 4.90 Å². The molecule has 0 saturated carbocycles. The summed E-state index contributed by atoms with van der Waals surface area (Å²) in [5.74, 6) is 0. The van der Waals surface area contributed by atoms with E-state index in [2.05, 4.69) is 0 Å². The molecule has 0 radical (unpaired) electrons. The Hall–Kier alpha value is 0.440. The van der Waals surface area contributed by atoms with Crippen LogP contribution < -0.4 is 0 Å². The third-order valence-corrected chi connectivity index (χ3v) is 6.49. The van der Waals surface area contributed by atoms with Crippen molar-refractivity contribution in [2.24, 2.45) is 0 Å². The van der Waals surface area contributed by atoms with E-state index in [0.717, 1.165) is 9.80 Å². The molecule has 0 spiro atoms. The highest BCUT2D eigenvalue weighted by Crippen LogP contribution is 2.41. The minimum absolute atomic E-state index is 0.0146. The lowest BCUT2D eigenvalue weighted by Gasteiger charge is -2.30. The van der Waals surface area contributed by atoms with Gasteiger partial charge >= 0.3 is 30.4 Å². The fourth-order valence-electron chi connectivity index (χ4n) is 2.46. The molecule has 16 nitrogen and oxygen atoms in total. The highest BCUT2D eigenvalue weighted by Gasteiger charge is 2.28. The lowest BCUT2D eigenvalue weighted by molar-refractivity contribution is 0.159. The molecular weight excluding hydrogens is 494 g/mol. The van der Waals surface area contributed by atoms with Crippen LogP contribution in [0.5, 0.6) is 0 Å². The fourth-order valence-corrected chi connectivity index (χ4v) is 5.82. The molecule has 9 N–H and O–H groups in total. The molecule has 0 amide bonds. The van der Waals surface area contributed by atoms with Crippen LogP contribution in [-0.2, 0) is 18.3 Å². The van der Waals surface area contributed by atoms with E-state index in [9.17, 15) is 18.3 Å². The molecular formula is C10H29N3O13P4. The van der Waals surface area contributed by atoms with Crippen molar-refractivity contribution in [1.29, 1.82) is 0 Å². The van der Waals surface area contributed by atoms with Crippen LogP contribution in [0, 0.1) is 0 Å². The van der Waals surface area contributed by atoms with Crippen molar-refractivity contribution in [2.45, 2.75) is 0 Å². The molecule has 0 aromatic heterocycles. The number of rotatable bonds is 16. The zero-order valence-electron chi connectivity index (χ0n) is 15.9. The molecule has 0 aromatic rings. The zero-order chi connectivity index (χ0) is 23.8. The first-order valence-electron chi connectivity index (χ1n) is 8.26. The van der Waals surface area contributed by atoms with Crippen molar-refractivity contribution in [3.63, 3.8) is 0 Å². The molecule has 0 aliphatic carbocycles. The Balaban J connectivity index is 5.09. The Morgan fingerprint density at radius 3 is 0.867 bits per heavy atom. The largest absolute Gasteiger partial charge is 0.395 e. The van der Waals surface area contributed by atoms with Gasteiger partial charge in [0, 0.05) is 32.7 Å². The molecule has 0 saturated heterocycles. The van der Waals surface area contributed by atoms with E-state index in [1.54, 1.807) is 0 Å². The van der Waals surface area contributed by atoms with Gasteiger partial charge in [0.05, 0.1) is 6.61 Å². The lowest BCUT2D eigenvalue weighted by atomic mass is 10.4. The first-order valence-corrected chi connectivity index (χ1v) is 15.4. The van der Waals surface area contributed by atoms with Crippen LogP contribution in [0.3, 0.4) is 0 Å². The topological polar surface area (TPSA) is 260 Å². The first-order chi connectivity index (χ1) is 13.3. The van der Waals surface area contributed by atoms with Gasteiger partial charge in [-0.3, -0.25) is 33.0 Å². The van der Waals surface area contributed by atoms with Crippen LogP contribution in [0.4, 0.5) is 0 Å². The third kappa shape index (κ3) is 19.1. The summed E-state index contributed by atoms with van der Waals surface area (Å²) in [5, 5.41) is 9.15. The Morgan fingerprint density at radius 1 is 0.433 bits per heavy atom. The molecule has 0 heterocycles. The quantitative estimate of drug-likeness (QED) is 0.0941. The van der Waals surface area contributed by atoms with Crippen LogP contribution in [0.2, 0.25) is 0 Å². The summed E-state index contributed by atoms with van der Waals surface area (Å²) in [6.45, 7) is -0.964. The summed E-state index contributed by atoms with van der Waals surface area (Å²) in [6, 6.07) is 0. The normalized spacial score (nSPS) is 14.3. The van der Waals surface area contributed by atoms with E-state index in [-0.39, 0.29) is 39.3 Å². The molecule has 20 heteroatoms. The summed E-state index contributed by atoms with van der Waals surface area (Å²) in [5.41, 5.74) is 0. The van der Waals surface area contributed by atoms with E-state index in [4.69, 9.17) is 44.3 Å². The van der Waals surface area contributed by atoms with Crippen LogP contribution in [0.15, 0.2) is 0 Å². The standard InChI is InChI=1S/C10H29N3O13P4/c14-6-5-11(1-3-12(7-27(15,16)17)8-28(18,19)20)2-4-13(9-29(21,22)23)10-30(24,25)26/h14H,1-10H2,(H2,15,16,17)(H2,18,19,20)(H2,21,22,23)(H2,24,25,26). The van der Waals surface area contributed by atoms with Crippen molar-refractivity contribution in [2.75, 3.05) is 64.5 Å². The van der Waals surface area contributed by atoms with E-state index >= 15 is 0 Å². The van der Waals surface area contributed by atoms with Gasteiger partial charge in [-0.2, -0.15) is 0 Å². The average Bonchev–Trinajstić information content (AvgIpc) is 2.43. The van der Waals surface area contributed by atoms with Gasteiger partial charge in [0.15, 0.2) is 0 Å². The lowest BCUT2D eigenvalue weighted by Crippen LogP contribution is -2.41. The van der Waals surface area contributed by atoms with Gasteiger partial charge in [-0.1, -0.05) is 0 Å². The van der Waals surface area contributed by atoms with Crippen molar-refractivity contribution in [1.82, 2.24) is 14.7 Å². The first kappa shape index (κ1) is 30.4. The summed E-state index contributed by atoms with van der Waals surface area (Å²) in [7, 11) is -18.5. The minimum atomic E-state index is -4.63. The summed E-state index contributed by atoms with van der Waals surface area (Å²) < 4.78 is 44.7. The van der Waals surface area contributed by atoms with Crippen molar-refractivity contribution in [3.8, 4) is 0 Å². The van der Waals surface area contributed by atoms with Crippen LogP contribution in [0.25, 0.3) is 0 Å². The average molecular weight is 523 g/mol. The van der Waals surface area contributed by atoms with Gasteiger partial charge in [-0.25, -0.2) is 0 Å². The second kappa shape index (κ2) is 12.6. The highest BCUT2D eigenvalue weighted by atomic mass is 31.2. The summed E-state index contributed by atoms with van der Waals surface area (Å²) in [6.07, 6.45) is -3.69. The van der Waals surface area contributed by atoms with Gasteiger partial charge in [0.2, 0.25) is 0 Å². The van der Waals surface area contributed by atoms with Crippen LogP contribution in [0.1, 0.15) is 0 Å². The molecule has 0 fully saturated rings. The van der Waals surface area contributed by atoms with Crippen molar-refractivity contribution >= 4 is 30.4 Å². The Morgan fingerprint density at radius 2 is 0.667 bits per heavy atom. The monoisotopic (exact) mass is 523 g/mol. The maximum absolute atomic E-state index is 11.2. The molecule has 0 aliphatic heterocycles. The molecule has 0 unspecified atom stereocenters. The Kier molecular flexibility index (Phi) is 12.8. The SMILES string of the molecule is O=P(O)(O)CN(CCN(CCO)CCN(CP(=O)(O)O)CP(=O)(O)O)CP(=O)(O)O. The van der Waals surface area contributed by atoms with Crippen LogP contribution >= 0.6 is 30.4 Å². The smallest absolute Gasteiger partial charge is 0.339 e. The number of aliphatic hydroxyl groups is 1. The molecule has 0 bridgehead atoms.